The molecule has 0 unspecified atom stereocenters. The van der Waals surface area contributed by atoms with Gasteiger partial charge in [0.15, 0.2) is 0 Å². The van der Waals surface area contributed by atoms with E-state index in [2.05, 4.69) is 5.32 Å². The van der Waals surface area contributed by atoms with Crippen molar-refractivity contribution in [3.05, 3.63) is 0 Å². The zero-order valence-electron chi connectivity index (χ0n) is 9.72. The van der Waals surface area contributed by atoms with E-state index in [1.165, 1.54) is 0 Å². The molecule has 86 valence electrons. The van der Waals surface area contributed by atoms with Crippen LogP contribution in [0.3, 0.4) is 0 Å². The average Bonchev–Trinajstić information content (AvgIpc) is 2.50. The van der Waals surface area contributed by atoms with Crippen LogP contribution in [0.25, 0.3) is 0 Å². The van der Waals surface area contributed by atoms with E-state index in [9.17, 15) is 4.79 Å². The van der Waals surface area contributed by atoms with Crippen molar-refractivity contribution in [2.75, 3.05) is 0 Å². The van der Waals surface area contributed by atoms with Gasteiger partial charge in [-0.2, -0.15) is 0 Å². The predicted molar refractivity (Wildman–Crippen MR) is 59.1 cm³/mol. The minimum absolute atomic E-state index is 0.220. The second-order valence-corrected chi connectivity index (χ2v) is 5.02. The molecule has 15 heavy (non-hydrogen) atoms. The predicted octanol–water partition coefficient (Wildman–Crippen LogP) is 2.68. The van der Waals surface area contributed by atoms with Crippen LogP contribution in [-0.4, -0.2) is 17.5 Å². The largest absolute Gasteiger partial charge is 0.444 e. The van der Waals surface area contributed by atoms with E-state index in [-0.39, 0.29) is 5.92 Å². The van der Waals surface area contributed by atoms with Gasteiger partial charge in [0, 0.05) is 5.92 Å². The summed E-state index contributed by atoms with van der Waals surface area (Å²) in [6.07, 6.45) is 3.81. The first-order chi connectivity index (χ1) is 6.88. The fourth-order valence-corrected chi connectivity index (χ4v) is 1.73. The maximum atomic E-state index is 11.4. The third-order valence-electron chi connectivity index (χ3n) is 2.40. The number of rotatable bonds is 1. The third-order valence-corrected chi connectivity index (χ3v) is 2.40. The molecular weight excluding hydrogens is 192 g/mol. The number of carbonyl (C=O) groups is 1. The molecule has 2 N–H and O–H groups in total. The highest BCUT2D eigenvalue weighted by atomic mass is 16.6. The number of carbonyl (C=O) groups excluding carboxylic acids is 1. The lowest BCUT2D eigenvalue weighted by Gasteiger charge is -2.20. The highest BCUT2D eigenvalue weighted by Crippen LogP contribution is 2.24. The molecule has 0 saturated heterocycles. The summed E-state index contributed by atoms with van der Waals surface area (Å²) in [5.41, 5.74) is -0.500. The Kier molecular flexibility index (Phi) is 3.72. The van der Waals surface area contributed by atoms with Crippen LogP contribution in [-0.2, 0) is 4.74 Å². The lowest BCUT2D eigenvalue weighted by Crippen LogP contribution is -2.38. The summed E-state index contributed by atoms with van der Waals surface area (Å²) in [5, 5.41) is 10.2. The summed E-state index contributed by atoms with van der Waals surface area (Å²) >= 11 is 0. The Morgan fingerprint density at radius 1 is 1.33 bits per heavy atom. The number of ether oxygens (including phenoxy) is 1. The van der Waals surface area contributed by atoms with E-state index in [0.29, 0.717) is 5.84 Å². The summed E-state index contributed by atoms with van der Waals surface area (Å²) in [4.78, 5) is 11.4. The summed E-state index contributed by atoms with van der Waals surface area (Å²) in [6, 6.07) is 0. The molecule has 1 aliphatic rings. The van der Waals surface area contributed by atoms with Gasteiger partial charge in [-0.3, -0.25) is 10.7 Å². The number of hydrogen-bond donors (Lipinski definition) is 2. The fourth-order valence-electron chi connectivity index (χ4n) is 1.73. The molecule has 0 bridgehead atoms. The zero-order chi connectivity index (χ0) is 11.5. The van der Waals surface area contributed by atoms with Gasteiger partial charge in [-0.05, 0) is 33.6 Å². The van der Waals surface area contributed by atoms with Gasteiger partial charge in [-0.25, -0.2) is 4.79 Å². The van der Waals surface area contributed by atoms with Crippen molar-refractivity contribution in [3.63, 3.8) is 0 Å². The first kappa shape index (κ1) is 12.0. The van der Waals surface area contributed by atoms with Crippen LogP contribution < -0.4 is 5.32 Å². The van der Waals surface area contributed by atoms with Crippen molar-refractivity contribution < 1.29 is 9.53 Å². The summed E-state index contributed by atoms with van der Waals surface area (Å²) < 4.78 is 5.08. The van der Waals surface area contributed by atoms with Crippen LogP contribution in [0.4, 0.5) is 4.79 Å². The molecule has 1 rings (SSSR count). The maximum Gasteiger partial charge on any atom is 0.413 e. The van der Waals surface area contributed by atoms with Crippen LogP contribution in [0.5, 0.6) is 0 Å². The SMILES string of the molecule is CC(C)(C)OC(=O)NC(=N)C1CCCC1. The topological polar surface area (TPSA) is 62.2 Å². The van der Waals surface area contributed by atoms with E-state index >= 15 is 0 Å². The number of amidine groups is 1. The first-order valence-corrected chi connectivity index (χ1v) is 5.47. The summed E-state index contributed by atoms with van der Waals surface area (Å²) in [7, 11) is 0. The molecule has 0 atom stereocenters. The van der Waals surface area contributed by atoms with E-state index in [4.69, 9.17) is 10.1 Å². The van der Waals surface area contributed by atoms with Gasteiger partial charge in [0.05, 0.1) is 0 Å². The van der Waals surface area contributed by atoms with Gasteiger partial charge >= 0.3 is 6.09 Å². The number of amides is 1. The molecular formula is C11H20N2O2. The molecule has 1 amide bonds. The maximum absolute atomic E-state index is 11.4. The fraction of sp³-hybridized carbons (Fsp3) is 0.818. The Hall–Kier alpha value is -1.06. The summed E-state index contributed by atoms with van der Waals surface area (Å²) in [5.74, 6) is 0.527. The van der Waals surface area contributed by atoms with Crippen molar-refractivity contribution in [1.29, 1.82) is 5.41 Å². The lowest BCUT2D eigenvalue weighted by molar-refractivity contribution is 0.0560. The Morgan fingerprint density at radius 2 is 1.87 bits per heavy atom. The zero-order valence-corrected chi connectivity index (χ0v) is 9.72. The van der Waals surface area contributed by atoms with Gasteiger partial charge in [0.25, 0.3) is 0 Å². The van der Waals surface area contributed by atoms with Crippen molar-refractivity contribution in [2.45, 2.75) is 52.1 Å². The Labute approximate surface area is 90.9 Å². The highest BCUT2D eigenvalue weighted by Gasteiger charge is 2.23. The van der Waals surface area contributed by atoms with Crippen molar-refractivity contribution in [3.8, 4) is 0 Å². The molecule has 1 saturated carbocycles. The van der Waals surface area contributed by atoms with Crippen LogP contribution in [0.2, 0.25) is 0 Å². The van der Waals surface area contributed by atoms with Gasteiger partial charge < -0.3 is 4.74 Å². The minimum Gasteiger partial charge on any atom is -0.444 e. The van der Waals surface area contributed by atoms with Gasteiger partial charge in [0.1, 0.15) is 11.4 Å². The molecule has 0 radical (unpaired) electrons. The van der Waals surface area contributed by atoms with Crippen molar-refractivity contribution >= 4 is 11.9 Å². The summed E-state index contributed by atoms with van der Waals surface area (Å²) in [6.45, 7) is 5.43. The molecule has 1 fully saturated rings. The average molecular weight is 212 g/mol. The normalized spacial score (nSPS) is 17.5. The van der Waals surface area contributed by atoms with E-state index in [0.717, 1.165) is 25.7 Å². The van der Waals surface area contributed by atoms with Gasteiger partial charge in [-0.15, -0.1) is 0 Å². The van der Waals surface area contributed by atoms with Gasteiger partial charge in [-0.1, -0.05) is 12.8 Å². The van der Waals surface area contributed by atoms with Crippen LogP contribution in [0.1, 0.15) is 46.5 Å². The van der Waals surface area contributed by atoms with E-state index in [1.807, 2.05) is 20.8 Å². The van der Waals surface area contributed by atoms with Crippen molar-refractivity contribution in [2.24, 2.45) is 5.92 Å². The molecule has 0 heterocycles. The highest BCUT2D eigenvalue weighted by molar-refractivity contribution is 5.95. The number of nitrogens with one attached hydrogen (secondary N) is 2. The second-order valence-electron chi connectivity index (χ2n) is 5.02. The molecule has 0 aliphatic heterocycles. The van der Waals surface area contributed by atoms with E-state index in [1.54, 1.807) is 0 Å². The Morgan fingerprint density at radius 3 is 2.33 bits per heavy atom. The Balaban J connectivity index is 2.34. The molecule has 1 aliphatic carbocycles. The molecule has 4 nitrogen and oxygen atoms in total. The standard InChI is InChI=1S/C11H20N2O2/c1-11(2,3)15-10(14)13-9(12)8-6-4-5-7-8/h8H,4-7H2,1-3H3,(H2,12,13,14). The molecule has 0 spiro atoms. The quantitative estimate of drug-likeness (QED) is 0.518. The van der Waals surface area contributed by atoms with Crippen molar-refractivity contribution in [1.82, 2.24) is 5.32 Å². The third kappa shape index (κ3) is 4.32. The van der Waals surface area contributed by atoms with E-state index < -0.39 is 11.7 Å². The Bertz CT molecular complexity index is 250. The number of alkyl carbamates (subject to hydrolysis) is 1. The minimum atomic E-state index is -0.514. The molecule has 0 aromatic carbocycles. The van der Waals surface area contributed by atoms with Crippen LogP contribution in [0.15, 0.2) is 0 Å². The van der Waals surface area contributed by atoms with Gasteiger partial charge in [0.2, 0.25) is 0 Å². The molecule has 4 heteroatoms. The lowest BCUT2D eigenvalue weighted by atomic mass is 10.1. The smallest absolute Gasteiger partial charge is 0.413 e. The van der Waals surface area contributed by atoms with Crippen LogP contribution in [0, 0.1) is 11.3 Å². The monoisotopic (exact) mass is 212 g/mol. The number of hydrogen-bond acceptors (Lipinski definition) is 3. The molecule has 0 aromatic rings. The second kappa shape index (κ2) is 4.64. The molecule has 0 aromatic heterocycles. The van der Waals surface area contributed by atoms with Crippen LogP contribution >= 0.6 is 0 Å². The first-order valence-electron chi connectivity index (χ1n) is 5.47.